The Morgan fingerprint density at radius 2 is 2.31 bits per heavy atom. The third kappa shape index (κ3) is 2.41. The first-order valence-electron chi connectivity index (χ1n) is 5.30. The van der Waals surface area contributed by atoms with Crippen LogP contribution in [0.15, 0.2) is 16.8 Å². The topological polar surface area (TPSA) is 15.6 Å². The summed E-state index contributed by atoms with van der Waals surface area (Å²) < 4.78 is 0. The van der Waals surface area contributed by atoms with Crippen molar-refractivity contribution in [2.75, 3.05) is 19.6 Å². The van der Waals surface area contributed by atoms with Crippen LogP contribution in [-0.4, -0.2) is 30.2 Å². The molecule has 0 aliphatic carbocycles. The van der Waals surface area contributed by atoms with Crippen LogP contribution in [0.5, 0.6) is 0 Å². The number of likely N-dealkylation sites (tertiary alicyclic amines) is 1. The Hall–Kier alpha value is -0.630. The Labute approximate surface area is 80.3 Å². The Morgan fingerprint density at radius 3 is 2.92 bits per heavy atom. The molecule has 1 saturated heterocycles. The molecule has 2 heterocycles. The lowest BCUT2D eigenvalue weighted by atomic mass is 10.1. The lowest BCUT2D eigenvalue weighted by molar-refractivity contribution is 0.184. The molecule has 1 fully saturated rings. The van der Waals surface area contributed by atoms with Crippen LogP contribution < -0.4 is 0 Å². The third-order valence-corrected chi connectivity index (χ3v) is 2.85. The van der Waals surface area contributed by atoms with Crippen LogP contribution in [0.2, 0.25) is 0 Å². The molecule has 0 atom stereocenters. The summed E-state index contributed by atoms with van der Waals surface area (Å²) in [5.41, 5.74) is 2.62. The second-order valence-electron chi connectivity index (χ2n) is 4.03. The third-order valence-electron chi connectivity index (χ3n) is 2.85. The molecular formula is C11H18N2. The summed E-state index contributed by atoms with van der Waals surface area (Å²) in [6.45, 7) is 5.95. The highest BCUT2D eigenvalue weighted by Crippen LogP contribution is 2.16. The van der Waals surface area contributed by atoms with Gasteiger partial charge in [0.05, 0.1) is 0 Å². The summed E-state index contributed by atoms with van der Waals surface area (Å²) in [6.07, 6.45) is 7.20. The normalized spacial score (nSPS) is 23.5. The van der Waals surface area contributed by atoms with E-state index in [2.05, 4.69) is 22.9 Å². The lowest BCUT2D eigenvalue weighted by Crippen LogP contribution is -2.37. The summed E-state index contributed by atoms with van der Waals surface area (Å²) in [7, 11) is 0. The van der Waals surface area contributed by atoms with Gasteiger partial charge in [0.15, 0.2) is 0 Å². The van der Waals surface area contributed by atoms with Gasteiger partial charge in [-0.15, -0.1) is 0 Å². The highest BCUT2D eigenvalue weighted by Gasteiger charge is 2.13. The zero-order valence-corrected chi connectivity index (χ0v) is 8.42. The molecule has 72 valence electrons. The molecule has 2 heteroatoms. The first-order valence-corrected chi connectivity index (χ1v) is 5.30. The predicted molar refractivity (Wildman–Crippen MR) is 56.1 cm³/mol. The van der Waals surface area contributed by atoms with Gasteiger partial charge in [-0.25, -0.2) is 0 Å². The molecule has 0 N–H and O–H groups in total. The first-order chi connectivity index (χ1) is 6.34. The summed E-state index contributed by atoms with van der Waals surface area (Å²) in [6, 6.07) is 0. The van der Waals surface area contributed by atoms with Crippen LogP contribution in [0.4, 0.5) is 0 Å². The van der Waals surface area contributed by atoms with Crippen LogP contribution in [-0.2, 0) is 0 Å². The maximum Gasteiger partial charge on any atom is 0.0375 e. The number of nitrogens with zero attached hydrogens (tertiary/aromatic N) is 2. The largest absolute Gasteiger partial charge is 0.303 e. The van der Waals surface area contributed by atoms with Gasteiger partial charge in [0.1, 0.15) is 0 Å². The van der Waals surface area contributed by atoms with Crippen molar-refractivity contribution in [2.24, 2.45) is 4.99 Å². The molecule has 0 bridgehead atoms. The second-order valence-corrected chi connectivity index (χ2v) is 4.03. The van der Waals surface area contributed by atoms with E-state index in [9.17, 15) is 0 Å². The van der Waals surface area contributed by atoms with Gasteiger partial charge < -0.3 is 4.90 Å². The number of hydrogen-bond acceptors (Lipinski definition) is 2. The molecule has 0 amide bonds. The maximum atomic E-state index is 4.56. The minimum Gasteiger partial charge on any atom is -0.303 e. The van der Waals surface area contributed by atoms with E-state index in [1.54, 1.807) is 0 Å². The summed E-state index contributed by atoms with van der Waals surface area (Å²) >= 11 is 0. The Balaban J connectivity index is 1.77. The number of rotatable bonds is 3. The van der Waals surface area contributed by atoms with E-state index in [4.69, 9.17) is 0 Å². The first kappa shape index (κ1) is 8.95. The molecule has 0 radical (unpaired) electrons. The Kier molecular flexibility index (Phi) is 2.79. The van der Waals surface area contributed by atoms with Crippen LogP contribution >= 0.6 is 0 Å². The number of aliphatic imine (C=N–C) groups is 1. The van der Waals surface area contributed by atoms with Gasteiger partial charge in [-0.1, -0.05) is 6.08 Å². The predicted octanol–water partition coefficient (Wildman–Crippen LogP) is 2.22. The minimum atomic E-state index is 1.15. The zero-order chi connectivity index (χ0) is 9.10. The Morgan fingerprint density at radius 1 is 1.46 bits per heavy atom. The van der Waals surface area contributed by atoms with Gasteiger partial charge >= 0.3 is 0 Å². The van der Waals surface area contributed by atoms with Gasteiger partial charge in [0.25, 0.3) is 0 Å². The zero-order valence-electron chi connectivity index (χ0n) is 8.42. The molecule has 0 spiro atoms. The van der Waals surface area contributed by atoms with Crippen LogP contribution in [0.3, 0.4) is 0 Å². The van der Waals surface area contributed by atoms with Crippen molar-refractivity contribution < 1.29 is 0 Å². The molecular weight excluding hydrogens is 160 g/mol. The van der Waals surface area contributed by atoms with E-state index in [0.717, 1.165) is 12.8 Å². The number of hydrogen-bond donors (Lipinski definition) is 0. The van der Waals surface area contributed by atoms with Gasteiger partial charge in [-0.3, -0.25) is 4.99 Å². The SMILES string of the molecule is CC1=NC(CCN2CCC2)=CCC1. The van der Waals surface area contributed by atoms with E-state index >= 15 is 0 Å². The molecule has 2 aliphatic heterocycles. The fourth-order valence-electron chi connectivity index (χ4n) is 1.83. The van der Waals surface area contributed by atoms with Crippen LogP contribution in [0.1, 0.15) is 32.6 Å². The molecule has 2 nitrogen and oxygen atoms in total. The average Bonchev–Trinajstić information content (AvgIpc) is 2.01. The van der Waals surface area contributed by atoms with Gasteiger partial charge in [-0.2, -0.15) is 0 Å². The minimum absolute atomic E-state index is 1.15. The molecule has 0 saturated carbocycles. The van der Waals surface area contributed by atoms with E-state index in [0.29, 0.717) is 0 Å². The van der Waals surface area contributed by atoms with Gasteiger partial charge in [0, 0.05) is 24.4 Å². The molecule has 2 rings (SSSR count). The highest BCUT2D eigenvalue weighted by atomic mass is 15.2. The number of allylic oxidation sites excluding steroid dienone is 1. The van der Waals surface area contributed by atoms with Crippen molar-refractivity contribution in [3.05, 3.63) is 11.8 Å². The molecule has 0 aromatic heterocycles. The molecule has 0 aromatic rings. The summed E-state index contributed by atoms with van der Waals surface area (Å²) in [5, 5.41) is 0. The Bertz CT molecular complexity index is 236. The van der Waals surface area contributed by atoms with Crippen molar-refractivity contribution in [3.8, 4) is 0 Å². The fraction of sp³-hybridized carbons (Fsp3) is 0.727. The van der Waals surface area contributed by atoms with Crippen molar-refractivity contribution in [1.82, 2.24) is 4.90 Å². The fourth-order valence-corrected chi connectivity index (χ4v) is 1.83. The second kappa shape index (κ2) is 4.05. The van der Waals surface area contributed by atoms with Crippen molar-refractivity contribution in [2.45, 2.75) is 32.6 Å². The quantitative estimate of drug-likeness (QED) is 0.647. The molecule has 0 aromatic carbocycles. The van der Waals surface area contributed by atoms with E-state index in [1.165, 1.54) is 43.9 Å². The highest BCUT2D eigenvalue weighted by molar-refractivity contribution is 5.83. The van der Waals surface area contributed by atoms with Crippen LogP contribution in [0.25, 0.3) is 0 Å². The van der Waals surface area contributed by atoms with Gasteiger partial charge in [0.2, 0.25) is 0 Å². The van der Waals surface area contributed by atoms with Gasteiger partial charge in [-0.05, 0) is 39.3 Å². The van der Waals surface area contributed by atoms with E-state index in [-0.39, 0.29) is 0 Å². The molecule has 0 unspecified atom stereocenters. The molecule has 13 heavy (non-hydrogen) atoms. The van der Waals surface area contributed by atoms with Crippen molar-refractivity contribution in [1.29, 1.82) is 0 Å². The van der Waals surface area contributed by atoms with Crippen molar-refractivity contribution >= 4 is 5.71 Å². The summed E-state index contributed by atoms with van der Waals surface area (Å²) in [4.78, 5) is 7.06. The van der Waals surface area contributed by atoms with Crippen molar-refractivity contribution in [3.63, 3.8) is 0 Å². The maximum absolute atomic E-state index is 4.56. The van der Waals surface area contributed by atoms with Crippen LogP contribution in [0, 0.1) is 0 Å². The smallest absolute Gasteiger partial charge is 0.0375 e. The average molecular weight is 178 g/mol. The van der Waals surface area contributed by atoms with E-state index in [1.807, 2.05) is 0 Å². The monoisotopic (exact) mass is 178 g/mol. The summed E-state index contributed by atoms with van der Waals surface area (Å²) in [5.74, 6) is 0. The lowest BCUT2D eigenvalue weighted by Gasteiger charge is -2.30. The standard InChI is InChI=1S/C11H18N2/c1-10-4-2-5-11(12-10)6-9-13-7-3-8-13/h5H,2-4,6-9H2,1H3. The molecule has 2 aliphatic rings. The van der Waals surface area contributed by atoms with E-state index < -0.39 is 0 Å².